The third-order valence-corrected chi connectivity index (χ3v) is 5.67. The number of rotatable bonds is 4. The van der Waals surface area contributed by atoms with Gasteiger partial charge in [0.05, 0.1) is 12.7 Å². The molecule has 0 radical (unpaired) electrons. The van der Waals surface area contributed by atoms with Crippen LogP contribution in [0, 0.1) is 23.5 Å². The number of carbonyl (C=O) groups is 1. The Hall–Kier alpha value is -3.22. The minimum atomic E-state index is -0.923. The number of benzene rings is 2. The Labute approximate surface area is 160 Å². The standard InChI is InChI=1S/C21H19F2N3O2/c1-11-18-20(26-13-4-5-15(22)16(23)10-13)25-8-7-21(11,18)12-3-6-17(28-2)14(9-12)19(24)27/h3-11,18H,1-2H3,(H2,24,27)(H,25,26). The van der Waals surface area contributed by atoms with Crippen molar-refractivity contribution in [2.24, 2.45) is 22.6 Å². The maximum atomic E-state index is 13.5. The van der Waals surface area contributed by atoms with Gasteiger partial charge < -0.3 is 15.8 Å². The number of nitrogens with zero attached hydrogens (tertiary/aromatic N) is 1. The Bertz CT molecular complexity index is 1030. The maximum absolute atomic E-state index is 13.5. The molecule has 2 aromatic carbocycles. The quantitative estimate of drug-likeness (QED) is 0.847. The number of methoxy groups -OCH3 is 1. The Morgan fingerprint density at radius 2 is 2.00 bits per heavy atom. The van der Waals surface area contributed by atoms with Crippen molar-refractivity contribution in [3.8, 4) is 5.75 Å². The predicted octanol–water partition coefficient (Wildman–Crippen LogP) is 3.61. The van der Waals surface area contributed by atoms with Crippen LogP contribution in [0.3, 0.4) is 0 Å². The molecule has 3 unspecified atom stereocenters. The number of carbonyl (C=O) groups excluding carboxylic acids is 1. The lowest BCUT2D eigenvalue weighted by atomic mass is 9.89. The van der Waals surface area contributed by atoms with Crippen LogP contribution in [0.15, 0.2) is 53.7 Å². The van der Waals surface area contributed by atoms with Crippen LogP contribution in [0.25, 0.3) is 0 Å². The zero-order chi connectivity index (χ0) is 20.1. The van der Waals surface area contributed by atoms with E-state index in [0.717, 1.165) is 17.7 Å². The highest BCUT2D eigenvalue weighted by atomic mass is 19.2. The normalized spacial score (nSPS) is 24.9. The van der Waals surface area contributed by atoms with Crippen LogP contribution in [0.1, 0.15) is 22.8 Å². The number of amides is 1. The predicted molar refractivity (Wildman–Crippen MR) is 102 cm³/mol. The summed E-state index contributed by atoms with van der Waals surface area (Å²) in [5.74, 6) is -1.09. The minimum Gasteiger partial charge on any atom is -0.496 e. The van der Waals surface area contributed by atoms with E-state index in [0.29, 0.717) is 22.8 Å². The van der Waals surface area contributed by atoms with Gasteiger partial charge in [-0.3, -0.25) is 4.79 Å². The van der Waals surface area contributed by atoms with Crippen LogP contribution in [0.2, 0.25) is 0 Å². The van der Waals surface area contributed by atoms with E-state index >= 15 is 0 Å². The zero-order valence-electron chi connectivity index (χ0n) is 15.4. The molecule has 5 nitrogen and oxygen atoms in total. The topological polar surface area (TPSA) is 76.7 Å². The summed E-state index contributed by atoms with van der Waals surface area (Å²) in [5.41, 5.74) is 6.82. The van der Waals surface area contributed by atoms with Crippen LogP contribution in [-0.4, -0.2) is 18.9 Å². The highest BCUT2D eigenvalue weighted by Gasteiger charge is 2.64. The van der Waals surface area contributed by atoms with Crippen molar-refractivity contribution >= 4 is 17.4 Å². The number of amidine groups is 1. The van der Waals surface area contributed by atoms with Gasteiger partial charge >= 0.3 is 0 Å². The number of fused-ring (bicyclic) bond motifs is 1. The fraction of sp³-hybridized carbons (Fsp3) is 0.238. The number of allylic oxidation sites excluding steroid dienone is 1. The highest BCUT2D eigenvalue weighted by Crippen LogP contribution is 2.63. The summed E-state index contributed by atoms with van der Waals surface area (Å²) in [6, 6.07) is 9.03. The summed E-state index contributed by atoms with van der Waals surface area (Å²) in [5, 5.41) is 3.10. The summed E-state index contributed by atoms with van der Waals surface area (Å²) >= 11 is 0. The average molecular weight is 383 g/mol. The molecule has 3 N–H and O–H groups in total. The first-order valence-electron chi connectivity index (χ1n) is 8.84. The lowest BCUT2D eigenvalue weighted by Gasteiger charge is -2.20. The van der Waals surface area contributed by atoms with Crippen molar-refractivity contribution in [1.29, 1.82) is 0 Å². The van der Waals surface area contributed by atoms with Gasteiger partial charge in [0.1, 0.15) is 11.6 Å². The fourth-order valence-corrected chi connectivity index (χ4v) is 4.17. The first-order valence-corrected chi connectivity index (χ1v) is 8.84. The van der Waals surface area contributed by atoms with Crippen molar-refractivity contribution in [1.82, 2.24) is 0 Å². The van der Waals surface area contributed by atoms with E-state index in [1.54, 1.807) is 18.3 Å². The molecular weight excluding hydrogens is 364 g/mol. The number of nitrogens with one attached hydrogen (secondary N) is 1. The van der Waals surface area contributed by atoms with E-state index in [4.69, 9.17) is 10.5 Å². The Kier molecular flexibility index (Phi) is 4.18. The van der Waals surface area contributed by atoms with Crippen LogP contribution < -0.4 is 15.8 Å². The van der Waals surface area contributed by atoms with Gasteiger partial charge in [-0.2, -0.15) is 0 Å². The van der Waals surface area contributed by atoms with Gasteiger partial charge in [0.2, 0.25) is 0 Å². The van der Waals surface area contributed by atoms with Gasteiger partial charge in [0, 0.05) is 29.3 Å². The van der Waals surface area contributed by atoms with E-state index in [2.05, 4.69) is 17.2 Å². The summed E-state index contributed by atoms with van der Waals surface area (Å²) in [6.45, 7) is 2.08. The molecule has 2 aliphatic rings. The maximum Gasteiger partial charge on any atom is 0.252 e. The number of nitrogens with two attached hydrogens (primary N) is 1. The van der Waals surface area contributed by atoms with Crippen LogP contribution in [-0.2, 0) is 5.41 Å². The number of hydrogen-bond donors (Lipinski definition) is 2. The van der Waals surface area contributed by atoms with E-state index in [9.17, 15) is 13.6 Å². The number of primary amides is 1. The summed E-state index contributed by atoms with van der Waals surface area (Å²) in [4.78, 5) is 16.2. The molecule has 0 bridgehead atoms. The molecule has 1 amide bonds. The molecule has 0 saturated heterocycles. The first kappa shape index (κ1) is 18.2. The van der Waals surface area contributed by atoms with Gasteiger partial charge in [-0.1, -0.05) is 19.1 Å². The third-order valence-electron chi connectivity index (χ3n) is 5.67. The van der Waals surface area contributed by atoms with Crippen LogP contribution >= 0.6 is 0 Å². The molecule has 1 fully saturated rings. The van der Waals surface area contributed by atoms with Gasteiger partial charge in [0.15, 0.2) is 11.6 Å². The minimum absolute atomic E-state index is 0.0136. The smallest absolute Gasteiger partial charge is 0.252 e. The second-order valence-corrected chi connectivity index (χ2v) is 7.06. The number of halogens is 2. The van der Waals surface area contributed by atoms with Crippen molar-refractivity contribution < 1.29 is 18.3 Å². The van der Waals surface area contributed by atoms with Crippen LogP contribution in [0.5, 0.6) is 5.75 Å². The number of hydrogen-bond acceptors (Lipinski definition) is 4. The van der Waals surface area contributed by atoms with Crippen LogP contribution in [0.4, 0.5) is 14.5 Å². The molecule has 1 aliphatic carbocycles. The van der Waals surface area contributed by atoms with Gasteiger partial charge in [-0.15, -0.1) is 0 Å². The van der Waals surface area contributed by atoms with Crippen molar-refractivity contribution in [2.75, 3.05) is 12.4 Å². The molecule has 7 heteroatoms. The number of aliphatic imine (C=N–C) groups is 1. The van der Waals surface area contributed by atoms with E-state index in [1.165, 1.54) is 13.2 Å². The molecule has 2 aromatic rings. The molecule has 1 heterocycles. The second-order valence-electron chi connectivity index (χ2n) is 7.06. The summed E-state index contributed by atoms with van der Waals surface area (Å²) in [6.07, 6.45) is 3.70. The van der Waals surface area contributed by atoms with Gasteiger partial charge in [-0.05, 0) is 35.7 Å². The summed E-state index contributed by atoms with van der Waals surface area (Å²) in [7, 11) is 1.49. The fourth-order valence-electron chi connectivity index (χ4n) is 4.17. The second kappa shape index (κ2) is 6.44. The monoisotopic (exact) mass is 383 g/mol. The average Bonchev–Trinajstić information content (AvgIpc) is 3.31. The Morgan fingerprint density at radius 1 is 1.21 bits per heavy atom. The molecule has 0 aromatic heterocycles. The number of anilines is 1. The molecule has 28 heavy (non-hydrogen) atoms. The zero-order valence-corrected chi connectivity index (χ0v) is 15.4. The van der Waals surface area contributed by atoms with Crippen molar-refractivity contribution in [3.63, 3.8) is 0 Å². The Morgan fingerprint density at radius 3 is 2.68 bits per heavy atom. The Balaban J connectivity index is 1.67. The van der Waals surface area contributed by atoms with Crippen molar-refractivity contribution in [2.45, 2.75) is 12.3 Å². The lowest BCUT2D eigenvalue weighted by molar-refractivity contribution is 0.0997. The first-order chi connectivity index (χ1) is 13.4. The molecule has 1 aliphatic heterocycles. The molecule has 0 spiro atoms. The third kappa shape index (κ3) is 2.66. The molecule has 1 saturated carbocycles. The molecule has 4 rings (SSSR count). The molecule has 3 atom stereocenters. The van der Waals surface area contributed by atoms with E-state index < -0.39 is 17.5 Å². The van der Waals surface area contributed by atoms with Crippen molar-refractivity contribution in [3.05, 3.63) is 71.4 Å². The SMILES string of the molecule is COc1ccc(C23C=CN=C(Nc4ccc(F)c(F)c4)C2C3C)cc1C(N)=O. The largest absolute Gasteiger partial charge is 0.496 e. The van der Waals surface area contributed by atoms with E-state index in [-0.39, 0.29) is 17.3 Å². The summed E-state index contributed by atoms with van der Waals surface area (Å²) < 4.78 is 31.9. The lowest BCUT2D eigenvalue weighted by Crippen LogP contribution is -2.23. The highest BCUT2D eigenvalue weighted by molar-refractivity contribution is 6.03. The number of ether oxygens (including phenoxy) is 1. The molecular formula is C21H19F2N3O2. The van der Waals surface area contributed by atoms with E-state index in [1.807, 2.05) is 12.1 Å². The van der Waals surface area contributed by atoms with Gasteiger partial charge in [0.25, 0.3) is 5.91 Å². The molecule has 144 valence electrons. The van der Waals surface area contributed by atoms with Gasteiger partial charge in [-0.25, -0.2) is 13.8 Å².